The number of nitrogens with zero attached hydrogens (tertiary/aromatic N) is 2. The van der Waals surface area contributed by atoms with E-state index in [4.69, 9.17) is 5.73 Å². The molecule has 13 N–H and O–H groups in total. The number of hydrogen-bond donors (Lipinski definition) is 12. The number of nitrogens with two attached hydrogens (primary N) is 1. The van der Waals surface area contributed by atoms with Gasteiger partial charge >= 0.3 is 5.97 Å². The van der Waals surface area contributed by atoms with Gasteiger partial charge in [-0.1, -0.05) is 89.6 Å². The van der Waals surface area contributed by atoms with Crippen LogP contribution in [0.3, 0.4) is 0 Å². The highest BCUT2D eigenvalue weighted by molar-refractivity contribution is 5.98. The molecule has 24 nitrogen and oxygen atoms in total. The number of para-hydroxylation sites is 1. The first-order chi connectivity index (χ1) is 37.4. The van der Waals surface area contributed by atoms with Gasteiger partial charge in [0.25, 0.3) is 0 Å². The molecular formula is C55H77N13O11. The minimum absolute atomic E-state index is 0.0614. The topological polar surface area (TPSA) is 361 Å². The van der Waals surface area contributed by atoms with Gasteiger partial charge in [0.1, 0.15) is 42.3 Å². The molecule has 3 heterocycles. The smallest absolute Gasteiger partial charge is 0.326 e. The van der Waals surface area contributed by atoms with Crippen molar-refractivity contribution < 1.29 is 53.1 Å². The van der Waals surface area contributed by atoms with E-state index in [9.17, 15) is 53.1 Å². The number of piperidine rings is 1. The van der Waals surface area contributed by atoms with E-state index in [1.54, 1.807) is 71.1 Å². The van der Waals surface area contributed by atoms with Crippen molar-refractivity contribution in [2.75, 3.05) is 20.1 Å². The van der Waals surface area contributed by atoms with E-state index in [0.717, 1.165) is 34.2 Å². The highest BCUT2D eigenvalue weighted by Gasteiger charge is 2.38. The molecule has 0 unspecified atom stereocenters. The standard InChI is InChI=1S/C55H77N13O11/c1-31(2)23-42(54(78)79)66-52(76)43(26-35-28-57-30-61-35)68(7)45(70)29-60-53(77)46(55(4,5)6)67-47(71)32(3)62-50(74)41(25-34-27-59-37-18-12-11-17-36(34)37)65-49(73)39(20-21-44(56)69)63-51(75)40(24-33-15-9-8-10-16-33)64-48(72)38-19-13-14-22-58-38/h8-12,15-18,27-28,30-32,38-43,46,58-59H,13-14,19-26,29H2,1-7H3,(H2,56,69)(H,57,61)(H,60,77)(H,62,74)(H,63,75)(H,64,72)(H,65,73)(H,66,76)(H,67,71)(H,78,79)/t32-,38-,39-,40+,41-,42-,43-,46+/m0/s1. The molecule has 0 aliphatic carbocycles. The number of nitrogens with one attached hydrogen (secondary N) is 10. The Morgan fingerprint density at radius 1 is 0.734 bits per heavy atom. The lowest BCUT2D eigenvalue weighted by Gasteiger charge is -2.32. The van der Waals surface area contributed by atoms with Crippen LogP contribution < -0.4 is 48.3 Å². The second-order valence-corrected chi connectivity index (χ2v) is 21.5. The first kappa shape index (κ1) is 61.7. The molecule has 5 rings (SSSR count). The molecule has 8 atom stereocenters. The van der Waals surface area contributed by atoms with E-state index >= 15 is 0 Å². The molecule has 0 saturated carbocycles. The number of benzene rings is 2. The Morgan fingerprint density at radius 3 is 2.01 bits per heavy atom. The maximum atomic E-state index is 14.4. The third-order valence-electron chi connectivity index (χ3n) is 13.6. The summed E-state index contributed by atoms with van der Waals surface area (Å²) in [6.07, 6.45) is 6.23. The first-order valence-electron chi connectivity index (χ1n) is 26.6. The lowest BCUT2D eigenvalue weighted by molar-refractivity contribution is -0.144. The molecule has 9 amide bonds. The van der Waals surface area contributed by atoms with Crippen LogP contribution in [0.2, 0.25) is 0 Å². The Balaban J connectivity index is 1.31. The van der Waals surface area contributed by atoms with Crippen molar-refractivity contribution in [3.63, 3.8) is 0 Å². The predicted molar refractivity (Wildman–Crippen MR) is 292 cm³/mol. The largest absolute Gasteiger partial charge is 0.480 e. The number of primary amides is 1. The number of H-pyrrole nitrogens is 2. The number of likely N-dealkylation sites (N-methyl/N-ethyl adjacent to an activating group) is 1. The molecule has 79 heavy (non-hydrogen) atoms. The molecule has 4 aromatic rings. The molecule has 1 saturated heterocycles. The molecule has 0 radical (unpaired) electrons. The molecular weight excluding hydrogens is 1020 g/mol. The molecule has 1 aliphatic heterocycles. The van der Waals surface area contributed by atoms with Crippen LogP contribution in [0.5, 0.6) is 0 Å². The Morgan fingerprint density at radius 2 is 1.38 bits per heavy atom. The summed E-state index contributed by atoms with van der Waals surface area (Å²) in [6.45, 7) is 10.00. The van der Waals surface area contributed by atoms with Crippen molar-refractivity contribution in [3.05, 3.63) is 90.1 Å². The van der Waals surface area contributed by atoms with Gasteiger partial charge in [-0.25, -0.2) is 9.78 Å². The lowest BCUT2D eigenvalue weighted by atomic mass is 9.86. The number of carbonyl (C=O) groups excluding carboxylic acids is 9. The zero-order valence-corrected chi connectivity index (χ0v) is 45.9. The number of rotatable bonds is 28. The van der Waals surface area contributed by atoms with Gasteiger partial charge in [0, 0.05) is 61.7 Å². The van der Waals surface area contributed by atoms with Gasteiger partial charge in [0.05, 0.1) is 18.9 Å². The average Bonchev–Trinajstić information content (AvgIpc) is 4.11. The van der Waals surface area contributed by atoms with Gasteiger partial charge in [-0.3, -0.25) is 43.2 Å². The van der Waals surface area contributed by atoms with Crippen molar-refractivity contribution in [3.8, 4) is 0 Å². The molecule has 2 aromatic carbocycles. The monoisotopic (exact) mass is 1100 g/mol. The minimum Gasteiger partial charge on any atom is -0.480 e. The zero-order valence-electron chi connectivity index (χ0n) is 45.9. The summed E-state index contributed by atoms with van der Waals surface area (Å²) in [7, 11) is 1.34. The maximum absolute atomic E-state index is 14.4. The second-order valence-electron chi connectivity index (χ2n) is 21.5. The normalized spacial score (nSPS) is 16.1. The Labute approximate surface area is 459 Å². The number of aromatic amines is 2. The molecule has 1 aliphatic rings. The van der Waals surface area contributed by atoms with Gasteiger partial charge in [-0.15, -0.1) is 0 Å². The molecule has 1 fully saturated rings. The number of amides is 9. The Hall–Kier alpha value is -8.15. The van der Waals surface area contributed by atoms with Crippen LogP contribution in [0.4, 0.5) is 0 Å². The van der Waals surface area contributed by atoms with E-state index in [2.05, 4.69) is 57.5 Å². The number of fused-ring (bicyclic) bond motifs is 1. The van der Waals surface area contributed by atoms with E-state index in [1.807, 2.05) is 24.3 Å². The zero-order chi connectivity index (χ0) is 58.0. The summed E-state index contributed by atoms with van der Waals surface area (Å²) >= 11 is 0. The summed E-state index contributed by atoms with van der Waals surface area (Å²) in [5.41, 5.74) is 7.11. The number of carboxylic acid groups (broad SMARTS) is 1. The van der Waals surface area contributed by atoms with Crippen LogP contribution in [0.25, 0.3) is 10.9 Å². The second kappa shape index (κ2) is 29.0. The Kier molecular flexibility index (Phi) is 22.7. The SMILES string of the molecule is CC(C)C[C@H](NC(=O)[C@H](Cc1cnc[nH]1)N(C)C(=O)CNC(=O)[C@@H](NC(=O)[C@H](C)NC(=O)[C@H](Cc1c[nH]c2ccccc12)NC(=O)[C@H](CCC(N)=O)NC(=O)[C@@H](Cc1ccccc1)NC(=O)[C@@H]1CCCCN1)C(C)(C)C)C(=O)O. The van der Waals surface area contributed by atoms with Crippen LogP contribution >= 0.6 is 0 Å². The van der Waals surface area contributed by atoms with Crippen LogP contribution in [-0.4, -0.2) is 153 Å². The fraction of sp³-hybridized carbons (Fsp3) is 0.509. The number of aromatic nitrogens is 3. The third-order valence-corrected chi connectivity index (χ3v) is 13.6. The molecule has 428 valence electrons. The maximum Gasteiger partial charge on any atom is 0.326 e. The summed E-state index contributed by atoms with van der Waals surface area (Å²) in [6, 6.07) is 6.64. The van der Waals surface area contributed by atoms with Crippen molar-refractivity contribution in [1.29, 1.82) is 0 Å². The van der Waals surface area contributed by atoms with Crippen LogP contribution in [0.15, 0.2) is 73.3 Å². The van der Waals surface area contributed by atoms with Crippen molar-refractivity contribution in [2.45, 2.75) is 148 Å². The number of carbonyl (C=O) groups is 10. The van der Waals surface area contributed by atoms with E-state index in [0.29, 0.717) is 24.2 Å². The van der Waals surface area contributed by atoms with Crippen molar-refractivity contribution in [1.82, 2.24) is 62.4 Å². The van der Waals surface area contributed by atoms with Crippen LogP contribution in [0.1, 0.15) is 96.9 Å². The van der Waals surface area contributed by atoms with Crippen molar-refractivity contribution >= 4 is 70.0 Å². The van der Waals surface area contributed by atoms with Crippen LogP contribution in [-0.2, 0) is 67.2 Å². The minimum atomic E-state index is -1.43. The van der Waals surface area contributed by atoms with E-state index in [1.165, 1.54) is 26.5 Å². The number of imidazole rings is 1. The summed E-state index contributed by atoms with van der Waals surface area (Å²) in [5, 5.41) is 32.4. The van der Waals surface area contributed by atoms with Gasteiger partial charge in [0.15, 0.2) is 0 Å². The van der Waals surface area contributed by atoms with Gasteiger partial charge in [-0.2, -0.15) is 0 Å². The molecule has 2 aromatic heterocycles. The first-order valence-corrected chi connectivity index (χ1v) is 26.6. The predicted octanol–water partition coefficient (Wildman–Crippen LogP) is 0.375. The fourth-order valence-corrected chi connectivity index (χ4v) is 9.09. The number of hydrogen-bond acceptors (Lipinski definition) is 12. The van der Waals surface area contributed by atoms with Gasteiger partial charge < -0.3 is 68.2 Å². The highest BCUT2D eigenvalue weighted by atomic mass is 16.4. The van der Waals surface area contributed by atoms with Gasteiger partial charge in [-0.05, 0) is 67.7 Å². The number of aliphatic carboxylic acids is 1. The Bertz CT molecular complexity index is 2750. The summed E-state index contributed by atoms with van der Waals surface area (Å²) in [5.74, 6) is -7.91. The lowest BCUT2D eigenvalue weighted by Crippen LogP contribution is -2.61. The fourth-order valence-electron chi connectivity index (χ4n) is 9.09. The third kappa shape index (κ3) is 18.8. The van der Waals surface area contributed by atoms with E-state index in [-0.39, 0.29) is 50.4 Å². The number of carboxylic acids is 1. The van der Waals surface area contributed by atoms with Crippen LogP contribution in [0, 0.1) is 11.3 Å². The highest BCUT2D eigenvalue weighted by Crippen LogP contribution is 2.22. The quantitative estimate of drug-likeness (QED) is 0.0367. The molecule has 24 heteroatoms. The van der Waals surface area contributed by atoms with E-state index < -0.39 is 114 Å². The molecule has 0 spiro atoms. The summed E-state index contributed by atoms with van der Waals surface area (Å²) < 4.78 is 0. The van der Waals surface area contributed by atoms with Gasteiger partial charge in [0.2, 0.25) is 53.2 Å². The van der Waals surface area contributed by atoms with Crippen molar-refractivity contribution in [2.24, 2.45) is 17.1 Å². The molecule has 0 bridgehead atoms. The average molecular weight is 1100 g/mol. The summed E-state index contributed by atoms with van der Waals surface area (Å²) in [4.78, 5) is 147.